The third kappa shape index (κ3) is 3.29. The Bertz CT molecular complexity index is 472. The fraction of sp³-hybridized carbons (Fsp3) is 0.462. The second-order valence-electron chi connectivity index (χ2n) is 4.67. The highest BCUT2D eigenvalue weighted by Crippen LogP contribution is 2.18. The molecular formula is C13H16N2O4. The lowest BCUT2D eigenvalue weighted by atomic mass is 9.92. The summed E-state index contributed by atoms with van der Waals surface area (Å²) in [5.74, 6) is -1.47. The minimum atomic E-state index is -1.13. The molecule has 0 spiro atoms. The Morgan fingerprint density at radius 2 is 2.00 bits per heavy atom. The van der Waals surface area contributed by atoms with Crippen molar-refractivity contribution in [1.29, 1.82) is 0 Å². The highest BCUT2D eigenvalue weighted by molar-refractivity contribution is 5.95. The largest absolute Gasteiger partial charge is 0.477 e. The van der Waals surface area contributed by atoms with E-state index in [9.17, 15) is 14.7 Å². The van der Waals surface area contributed by atoms with Crippen LogP contribution in [0.5, 0.6) is 0 Å². The van der Waals surface area contributed by atoms with Crippen LogP contribution in [-0.2, 0) is 0 Å². The van der Waals surface area contributed by atoms with Crippen LogP contribution in [0, 0.1) is 0 Å². The third-order valence-electron chi connectivity index (χ3n) is 3.29. The predicted molar refractivity (Wildman–Crippen MR) is 66.9 cm³/mol. The second-order valence-corrected chi connectivity index (χ2v) is 4.67. The number of amides is 1. The lowest BCUT2D eigenvalue weighted by Gasteiger charge is -2.28. The molecule has 6 heteroatoms. The Hall–Kier alpha value is -1.95. The molecule has 6 nitrogen and oxygen atoms in total. The number of aliphatic hydroxyl groups excluding tert-OH is 1. The van der Waals surface area contributed by atoms with Gasteiger partial charge in [0, 0.05) is 6.20 Å². The van der Waals surface area contributed by atoms with Gasteiger partial charge in [-0.25, -0.2) is 9.78 Å². The van der Waals surface area contributed by atoms with E-state index in [1.807, 2.05) is 0 Å². The van der Waals surface area contributed by atoms with Gasteiger partial charge in [0.25, 0.3) is 5.91 Å². The summed E-state index contributed by atoms with van der Waals surface area (Å²) >= 11 is 0. The summed E-state index contributed by atoms with van der Waals surface area (Å²) in [5, 5.41) is 21.2. The molecule has 1 amide bonds. The summed E-state index contributed by atoms with van der Waals surface area (Å²) in [4.78, 5) is 26.3. The van der Waals surface area contributed by atoms with Crippen molar-refractivity contribution >= 4 is 11.9 Å². The number of carbonyl (C=O) groups is 2. The summed E-state index contributed by atoms with van der Waals surface area (Å²) in [6, 6.07) is 2.47. The number of carboxylic acids is 1. The maximum absolute atomic E-state index is 11.9. The SMILES string of the molecule is O=C(NC1CCCCC1O)c1ccc(C(=O)O)nc1. The molecule has 1 saturated carbocycles. The topological polar surface area (TPSA) is 99.5 Å². The van der Waals surface area contributed by atoms with Gasteiger partial charge in [-0.1, -0.05) is 12.8 Å². The summed E-state index contributed by atoms with van der Waals surface area (Å²) in [7, 11) is 0. The summed E-state index contributed by atoms with van der Waals surface area (Å²) < 4.78 is 0. The minimum Gasteiger partial charge on any atom is -0.477 e. The fourth-order valence-corrected chi connectivity index (χ4v) is 2.19. The van der Waals surface area contributed by atoms with Crippen molar-refractivity contribution in [2.75, 3.05) is 0 Å². The molecule has 1 aromatic heterocycles. The van der Waals surface area contributed by atoms with Crippen LogP contribution in [-0.4, -0.2) is 39.2 Å². The number of hydrogen-bond acceptors (Lipinski definition) is 4. The van der Waals surface area contributed by atoms with Crippen LogP contribution in [0.1, 0.15) is 46.5 Å². The van der Waals surface area contributed by atoms with Gasteiger partial charge in [0.2, 0.25) is 0 Å². The van der Waals surface area contributed by atoms with Crippen LogP contribution >= 0.6 is 0 Å². The van der Waals surface area contributed by atoms with Gasteiger partial charge >= 0.3 is 5.97 Å². The molecule has 1 heterocycles. The second kappa shape index (κ2) is 5.79. The summed E-state index contributed by atoms with van der Waals surface area (Å²) in [6.45, 7) is 0. The van der Waals surface area contributed by atoms with Gasteiger partial charge in [0.05, 0.1) is 17.7 Å². The quantitative estimate of drug-likeness (QED) is 0.750. The molecule has 1 aliphatic rings. The number of rotatable bonds is 3. The Labute approximate surface area is 110 Å². The molecular weight excluding hydrogens is 248 g/mol. The van der Waals surface area contributed by atoms with Crippen LogP contribution < -0.4 is 5.32 Å². The van der Waals surface area contributed by atoms with E-state index in [2.05, 4.69) is 10.3 Å². The molecule has 1 aromatic rings. The molecule has 19 heavy (non-hydrogen) atoms. The number of carbonyl (C=O) groups excluding carboxylic acids is 1. The molecule has 3 N–H and O–H groups in total. The fourth-order valence-electron chi connectivity index (χ4n) is 2.19. The van der Waals surface area contributed by atoms with E-state index in [-0.39, 0.29) is 17.6 Å². The smallest absolute Gasteiger partial charge is 0.354 e. The van der Waals surface area contributed by atoms with E-state index in [0.717, 1.165) is 19.3 Å². The number of nitrogens with zero attached hydrogens (tertiary/aromatic N) is 1. The number of aromatic nitrogens is 1. The summed E-state index contributed by atoms with van der Waals surface area (Å²) in [6.07, 6.45) is 4.13. The monoisotopic (exact) mass is 264 g/mol. The zero-order valence-corrected chi connectivity index (χ0v) is 10.4. The van der Waals surface area contributed by atoms with E-state index in [1.165, 1.54) is 18.3 Å². The van der Waals surface area contributed by atoms with E-state index >= 15 is 0 Å². The number of hydrogen-bond donors (Lipinski definition) is 3. The Morgan fingerprint density at radius 1 is 1.26 bits per heavy atom. The van der Waals surface area contributed by atoms with Crippen molar-refractivity contribution < 1.29 is 19.8 Å². The van der Waals surface area contributed by atoms with Crippen molar-refractivity contribution in [2.24, 2.45) is 0 Å². The molecule has 0 aromatic carbocycles. The first-order chi connectivity index (χ1) is 9.08. The van der Waals surface area contributed by atoms with Gasteiger partial charge in [-0.15, -0.1) is 0 Å². The third-order valence-corrected chi connectivity index (χ3v) is 3.29. The molecule has 0 aliphatic heterocycles. The first-order valence-corrected chi connectivity index (χ1v) is 6.26. The molecule has 1 aliphatic carbocycles. The van der Waals surface area contributed by atoms with Crippen molar-refractivity contribution in [3.63, 3.8) is 0 Å². The van der Waals surface area contributed by atoms with Crippen molar-refractivity contribution in [3.05, 3.63) is 29.6 Å². The van der Waals surface area contributed by atoms with Crippen LogP contribution in [0.25, 0.3) is 0 Å². The van der Waals surface area contributed by atoms with E-state index < -0.39 is 12.1 Å². The van der Waals surface area contributed by atoms with Gasteiger partial charge in [0.1, 0.15) is 5.69 Å². The van der Waals surface area contributed by atoms with Gasteiger partial charge in [-0.2, -0.15) is 0 Å². The molecule has 0 bridgehead atoms. The summed E-state index contributed by atoms with van der Waals surface area (Å²) in [5.41, 5.74) is 0.192. The minimum absolute atomic E-state index is 0.103. The molecule has 102 valence electrons. The first kappa shape index (κ1) is 13.5. The zero-order chi connectivity index (χ0) is 13.8. The Morgan fingerprint density at radius 3 is 2.58 bits per heavy atom. The van der Waals surface area contributed by atoms with Crippen LogP contribution in [0.4, 0.5) is 0 Å². The van der Waals surface area contributed by atoms with E-state index in [4.69, 9.17) is 5.11 Å². The highest BCUT2D eigenvalue weighted by Gasteiger charge is 2.24. The maximum Gasteiger partial charge on any atom is 0.354 e. The molecule has 2 rings (SSSR count). The lowest BCUT2D eigenvalue weighted by Crippen LogP contribution is -2.45. The Balaban J connectivity index is 2.01. The van der Waals surface area contributed by atoms with Gasteiger partial charge in [-0.05, 0) is 25.0 Å². The van der Waals surface area contributed by atoms with Crippen LogP contribution in [0.2, 0.25) is 0 Å². The number of carboxylic acid groups (broad SMARTS) is 1. The number of pyridine rings is 1. The van der Waals surface area contributed by atoms with Gasteiger partial charge in [-0.3, -0.25) is 4.79 Å². The molecule has 1 fully saturated rings. The zero-order valence-electron chi connectivity index (χ0n) is 10.4. The normalized spacial score (nSPS) is 22.8. The van der Waals surface area contributed by atoms with Crippen LogP contribution in [0.3, 0.4) is 0 Å². The molecule has 0 radical (unpaired) electrons. The van der Waals surface area contributed by atoms with Crippen molar-refractivity contribution in [2.45, 2.75) is 37.8 Å². The van der Waals surface area contributed by atoms with E-state index in [1.54, 1.807) is 0 Å². The Kier molecular flexibility index (Phi) is 4.11. The first-order valence-electron chi connectivity index (χ1n) is 6.26. The molecule has 2 atom stereocenters. The molecule has 2 unspecified atom stereocenters. The lowest BCUT2D eigenvalue weighted by molar-refractivity contribution is 0.0687. The maximum atomic E-state index is 11.9. The van der Waals surface area contributed by atoms with Gasteiger partial charge < -0.3 is 15.5 Å². The van der Waals surface area contributed by atoms with Crippen LogP contribution in [0.15, 0.2) is 18.3 Å². The van der Waals surface area contributed by atoms with Crippen molar-refractivity contribution in [3.8, 4) is 0 Å². The number of nitrogens with one attached hydrogen (secondary N) is 1. The van der Waals surface area contributed by atoms with Gasteiger partial charge in [0.15, 0.2) is 0 Å². The average Bonchev–Trinajstić information content (AvgIpc) is 2.41. The number of aromatic carboxylic acids is 1. The van der Waals surface area contributed by atoms with E-state index in [0.29, 0.717) is 12.0 Å². The average molecular weight is 264 g/mol. The molecule has 0 saturated heterocycles. The predicted octanol–water partition coefficient (Wildman–Crippen LogP) is 0.813. The number of aliphatic hydroxyl groups is 1. The standard InChI is InChI=1S/C13H16N2O4/c16-11-4-2-1-3-9(11)15-12(17)8-5-6-10(13(18)19)14-7-8/h5-7,9,11,16H,1-4H2,(H,15,17)(H,18,19). The highest BCUT2D eigenvalue weighted by atomic mass is 16.4. The van der Waals surface area contributed by atoms with Crippen molar-refractivity contribution in [1.82, 2.24) is 10.3 Å².